The number of carbonyl (C=O) groups excluding carboxylic acids is 1. The number of amides is 1. The SMILES string of the molecule is CN1CCNCC1c1noc(Cc2csc(N3CCCC3=O)n2)n1.Cl. The number of aromatic nitrogens is 3. The Kier molecular flexibility index (Phi) is 5.67. The highest BCUT2D eigenvalue weighted by Gasteiger charge is 2.26. The first-order chi connectivity index (χ1) is 11.7. The average molecular weight is 385 g/mol. The van der Waals surface area contributed by atoms with E-state index in [2.05, 4.69) is 32.4 Å². The molecule has 0 radical (unpaired) electrons. The summed E-state index contributed by atoms with van der Waals surface area (Å²) in [5.74, 6) is 1.43. The molecule has 1 amide bonds. The van der Waals surface area contributed by atoms with Crippen molar-refractivity contribution in [2.24, 2.45) is 0 Å². The number of nitrogens with zero attached hydrogens (tertiary/aromatic N) is 5. The van der Waals surface area contributed by atoms with Crippen LogP contribution in [0.15, 0.2) is 9.90 Å². The summed E-state index contributed by atoms with van der Waals surface area (Å²) in [4.78, 5) is 24.9. The van der Waals surface area contributed by atoms with Crippen LogP contribution in [0.4, 0.5) is 5.13 Å². The predicted octanol–water partition coefficient (Wildman–Crippen LogP) is 1.24. The Balaban J connectivity index is 0.00000182. The van der Waals surface area contributed by atoms with Gasteiger partial charge in [0.15, 0.2) is 11.0 Å². The van der Waals surface area contributed by atoms with Gasteiger partial charge in [0.25, 0.3) is 0 Å². The molecule has 0 aromatic carbocycles. The van der Waals surface area contributed by atoms with E-state index in [9.17, 15) is 4.79 Å². The van der Waals surface area contributed by atoms with Gasteiger partial charge in [-0.05, 0) is 13.5 Å². The third kappa shape index (κ3) is 3.84. The second-order valence-electron chi connectivity index (χ2n) is 6.19. The Morgan fingerprint density at radius 3 is 3.04 bits per heavy atom. The largest absolute Gasteiger partial charge is 0.339 e. The highest BCUT2D eigenvalue weighted by atomic mass is 35.5. The number of hydrogen-bond donors (Lipinski definition) is 1. The first-order valence-electron chi connectivity index (χ1n) is 8.19. The molecule has 2 aliphatic heterocycles. The molecule has 0 spiro atoms. The van der Waals surface area contributed by atoms with Gasteiger partial charge in [0.2, 0.25) is 11.8 Å². The number of halogens is 1. The van der Waals surface area contributed by atoms with E-state index in [1.165, 1.54) is 11.3 Å². The van der Waals surface area contributed by atoms with Crippen molar-refractivity contribution in [1.29, 1.82) is 0 Å². The first kappa shape index (κ1) is 18.2. The molecule has 4 heterocycles. The van der Waals surface area contributed by atoms with E-state index in [0.717, 1.165) is 43.4 Å². The van der Waals surface area contributed by atoms with Crippen LogP contribution < -0.4 is 10.2 Å². The number of hydrogen-bond acceptors (Lipinski definition) is 8. The molecule has 136 valence electrons. The number of piperazine rings is 1. The van der Waals surface area contributed by atoms with E-state index in [4.69, 9.17) is 4.52 Å². The molecule has 4 rings (SSSR count). The maximum absolute atomic E-state index is 11.8. The Bertz CT molecular complexity index is 735. The Morgan fingerprint density at radius 2 is 2.28 bits per heavy atom. The minimum absolute atomic E-state index is 0. The molecule has 2 aliphatic rings. The van der Waals surface area contributed by atoms with Crippen molar-refractivity contribution in [3.05, 3.63) is 22.8 Å². The second kappa shape index (κ2) is 7.77. The zero-order valence-electron chi connectivity index (χ0n) is 14.0. The van der Waals surface area contributed by atoms with Crippen LogP contribution in [0.5, 0.6) is 0 Å². The summed E-state index contributed by atoms with van der Waals surface area (Å²) in [5, 5.41) is 10.2. The third-order valence-electron chi connectivity index (χ3n) is 4.47. The number of anilines is 1. The summed E-state index contributed by atoms with van der Waals surface area (Å²) in [7, 11) is 2.07. The van der Waals surface area contributed by atoms with E-state index >= 15 is 0 Å². The van der Waals surface area contributed by atoms with Crippen molar-refractivity contribution < 1.29 is 9.32 Å². The smallest absolute Gasteiger partial charge is 0.232 e. The molecule has 1 atom stereocenters. The molecule has 0 bridgehead atoms. The van der Waals surface area contributed by atoms with Gasteiger partial charge >= 0.3 is 0 Å². The van der Waals surface area contributed by atoms with Crippen LogP contribution in [-0.2, 0) is 11.2 Å². The van der Waals surface area contributed by atoms with Crippen LogP contribution in [0, 0.1) is 0 Å². The van der Waals surface area contributed by atoms with Gasteiger partial charge in [0.1, 0.15) is 0 Å². The lowest BCUT2D eigenvalue weighted by molar-refractivity contribution is -0.117. The summed E-state index contributed by atoms with van der Waals surface area (Å²) >= 11 is 1.49. The molecule has 1 unspecified atom stereocenters. The fraction of sp³-hybridized carbons (Fsp3) is 0.600. The number of thiazole rings is 1. The van der Waals surface area contributed by atoms with Crippen LogP contribution in [0.2, 0.25) is 0 Å². The van der Waals surface area contributed by atoms with Gasteiger partial charge < -0.3 is 9.84 Å². The van der Waals surface area contributed by atoms with Crippen molar-refractivity contribution >= 4 is 34.8 Å². The fourth-order valence-corrected chi connectivity index (χ4v) is 3.94. The highest BCUT2D eigenvalue weighted by Crippen LogP contribution is 2.26. The van der Waals surface area contributed by atoms with Crippen LogP contribution >= 0.6 is 23.7 Å². The zero-order valence-corrected chi connectivity index (χ0v) is 15.6. The van der Waals surface area contributed by atoms with Crippen molar-refractivity contribution in [1.82, 2.24) is 25.3 Å². The molecule has 10 heteroatoms. The minimum atomic E-state index is 0. The second-order valence-corrected chi connectivity index (χ2v) is 7.03. The van der Waals surface area contributed by atoms with Crippen LogP contribution in [0.3, 0.4) is 0 Å². The maximum atomic E-state index is 11.8. The number of nitrogens with one attached hydrogen (secondary N) is 1. The Morgan fingerprint density at radius 1 is 1.40 bits per heavy atom. The minimum Gasteiger partial charge on any atom is -0.339 e. The standard InChI is InChI=1S/C15H20N6O2S.ClH/c1-20-6-4-16-8-11(20)14-18-12(23-19-14)7-10-9-24-15(17-10)21-5-2-3-13(21)22;/h9,11,16H,2-8H2,1H3;1H. The van der Waals surface area contributed by atoms with E-state index in [1.54, 1.807) is 4.90 Å². The third-order valence-corrected chi connectivity index (χ3v) is 5.38. The van der Waals surface area contributed by atoms with Crippen molar-refractivity contribution in [2.45, 2.75) is 25.3 Å². The lowest BCUT2D eigenvalue weighted by Crippen LogP contribution is -2.44. The molecule has 1 N–H and O–H groups in total. The van der Waals surface area contributed by atoms with Gasteiger partial charge in [-0.1, -0.05) is 5.16 Å². The summed E-state index contributed by atoms with van der Waals surface area (Å²) in [5.41, 5.74) is 0.861. The monoisotopic (exact) mass is 384 g/mol. The van der Waals surface area contributed by atoms with E-state index in [1.807, 2.05) is 5.38 Å². The Hall–Kier alpha value is -1.55. The molecule has 2 aromatic rings. The van der Waals surface area contributed by atoms with E-state index in [-0.39, 0.29) is 24.4 Å². The molecule has 0 aliphatic carbocycles. The van der Waals surface area contributed by atoms with Crippen molar-refractivity contribution in [3.63, 3.8) is 0 Å². The number of rotatable bonds is 4. The van der Waals surface area contributed by atoms with Gasteiger partial charge in [-0.15, -0.1) is 23.7 Å². The quantitative estimate of drug-likeness (QED) is 0.848. The first-order valence-corrected chi connectivity index (χ1v) is 9.07. The highest BCUT2D eigenvalue weighted by molar-refractivity contribution is 7.14. The van der Waals surface area contributed by atoms with Gasteiger partial charge in [-0.2, -0.15) is 4.98 Å². The van der Waals surface area contributed by atoms with Gasteiger partial charge in [-0.3, -0.25) is 14.6 Å². The lowest BCUT2D eigenvalue weighted by Gasteiger charge is -2.30. The van der Waals surface area contributed by atoms with Gasteiger partial charge in [-0.25, -0.2) is 4.98 Å². The maximum Gasteiger partial charge on any atom is 0.232 e. The van der Waals surface area contributed by atoms with Crippen LogP contribution in [0.1, 0.15) is 36.3 Å². The fourth-order valence-electron chi connectivity index (χ4n) is 3.08. The van der Waals surface area contributed by atoms with Gasteiger partial charge in [0, 0.05) is 38.0 Å². The zero-order chi connectivity index (χ0) is 16.5. The van der Waals surface area contributed by atoms with Crippen molar-refractivity contribution in [2.75, 3.05) is 38.1 Å². The molecule has 2 saturated heterocycles. The van der Waals surface area contributed by atoms with Crippen LogP contribution in [-0.4, -0.2) is 59.2 Å². The summed E-state index contributed by atoms with van der Waals surface area (Å²) in [6, 6.07) is 0.143. The van der Waals surface area contributed by atoms with E-state index < -0.39 is 0 Å². The molecule has 2 aromatic heterocycles. The molecule has 2 fully saturated rings. The summed E-state index contributed by atoms with van der Waals surface area (Å²) in [6.45, 7) is 3.54. The molecule has 0 saturated carbocycles. The Labute approximate surface area is 156 Å². The molecular weight excluding hydrogens is 364 g/mol. The molecule has 25 heavy (non-hydrogen) atoms. The molecule has 8 nitrogen and oxygen atoms in total. The number of likely N-dealkylation sites (N-methyl/N-ethyl adjacent to an activating group) is 1. The van der Waals surface area contributed by atoms with Gasteiger partial charge in [0.05, 0.1) is 18.2 Å². The number of carbonyl (C=O) groups is 1. The predicted molar refractivity (Wildman–Crippen MR) is 96.3 cm³/mol. The normalized spacial score (nSPS) is 21.6. The summed E-state index contributed by atoms with van der Waals surface area (Å²) in [6.07, 6.45) is 2.02. The summed E-state index contributed by atoms with van der Waals surface area (Å²) < 4.78 is 5.39. The average Bonchev–Trinajstić information content (AvgIpc) is 3.29. The topological polar surface area (TPSA) is 87.4 Å². The van der Waals surface area contributed by atoms with Crippen LogP contribution in [0.25, 0.3) is 0 Å². The van der Waals surface area contributed by atoms with E-state index in [0.29, 0.717) is 24.6 Å². The lowest BCUT2D eigenvalue weighted by atomic mass is 10.2. The molecular formula is C15H21ClN6O2S. The van der Waals surface area contributed by atoms with Crippen molar-refractivity contribution in [3.8, 4) is 0 Å².